The number of rotatable bonds is 9. The minimum Gasteiger partial charge on any atom is -0.396 e. The Kier molecular flexibility index (Phi) is 7.24. The van der Waals surface area contributed by atoms with Crippen molar-refractivity contribution in [2.45, 2.75) is 25.9 Å². The van der Waals surface area contributed by atoms with Gasteiger partial charge < -0.3 is 10.4 Å². The van der Waals surface area contributed by atoms with Gasteiger partial charge in [-0.25, -0.2) is 0 Å². The smallest absolute Gasteiger partial charge is 0.117 e. The van der Waals surface area contributed by atoms with E-state index in [1.807, 2.05) is 42.5 Å². The molecule has 0 unspecified atom stereocenters. The van der Waals surface area contributed by atoms with Gasteiger partial charge in [0.05, 0.1) is 6.54 Å². The van der Waals surface area contributed by atoms with Crippen molar-refractivity contribution in [3.8, 4) is 11.3 Å². The monoisotopic (exact) mass is 404 g/mol. The number of aliphatic hydroxyl groups excluding tert-OH is 1. The van der Waals surface area contributed by atoms with Crippen molar-refractivity contribution in [1.29, 1.82) is 0 Å². The van der Waals surface area contributed by atoms with E-state index in [0.29, 0.717) is 23.1 Å². The minimum atomic E-state index is 0.217. The third-order valence-electron chi connectivity index (χ3n) is 4.15. The Hall–Kier alpha value is -1.92. The molecule has 3 rings (SSSR count). The Bertz CT molecular complexity index is 868. The highest BCUT2D eigenvalue weighted by molar-refractivity contribution is 6.35. The molecule has 0 saturated carbocycles. The first-order chi connectivity index (χ1) is 13.2. The molecule has 0 fully saturated rings. The Morgan fingerprint density at radius 2 is 1.81 bits per heavy atom. The lowest BCUT2D eigenvalue weighted by Crippen LogP contribution is -2.16. The highest BCUT2D eigenvalue weighted by Gasteiger charge is 2.14. The number of hydrogen-bond donors (Lipinski definition) is 2. The fourth-order valence-corrected chi connectivity index (χ4v) is 3.23. The number of benzene rings is 2. The lowest BCUT2D eigenvalue weighted by atomic mass is 10.1. The molecule has 0 aliphatic heterocycles. The Labute approximate surface area is 168 Å². The van der Waals surface area contributed by atoms with Gasteiger partial charge >= 0.3 is 0 Å². The third-order valence-corrected chi connectivity index (χ3v) is 4.74. The predicted octanol–water partition coefficient (Wildman–Crippen LogP) is 4.16. The summed E-state index contributed by atoms with van der Waals surface area (Å²) in [6.07, 6.45) is 1.71. The van der Waals surface area contributed by atoms with Crippen LogP contribution in [-0.4, -0.2) is 33.3 Å². The van der Waals surface area contributed by atoms with Crippen molar-refractivity contribution in [2.24, 2.45) is 0 Å². The zero-order valence-corrected chi connectivity index (χ0v) is 16.4. The SMILES string of the molecule is OCCCCNCc1nn(Cc2ccc(Cl)cc2Cl)nc1-c1ccccc1. The number of hydrogen-bond acceptors (Lipinski definition) is 4. The van der Waals surface area contributed by atoms with Crippen molar-refractivity contribution in [3.05, 3.63) is 69.8 Å². The molecule has 0 spiro atoms. The van der Waals surface area contributed by atoms with E-state index < -0.39 is 0 Å². The van der Waals surface area contributed by atoms with Gasteiger partial charge in [0.1, 0.15) is 11.4 Å². The zero-order chi connectivity index (χ0) is 19.1. The first kappa shape index (κ1) is 19.8. The molecule has 7 heteroatoms. The summed E-state index contributed by atoms with van der Waals surface area (Å²) < 4.78 is 0. The van der Waals surface area contributed by atoms with Crippen molar-refractivity contribution < 1.29 is 5.11 Å². The fourth-order valence-electron chi connectivity index (χ4n) is 2.76. The van der Waals surface area contributed by atoms with Gasteiger partial charge in [-0.15, -0.1) is 0 Å². The number of aliphatic hydroxyl groups is 1. The molecule has 142 valence electrons. The van der Waals surface area contributed by atoms with E-state index in [0.717, 1.165) is 41.9 Å². The minimum absolute atomic E-state index is 0.217. The van der Waals surface area contributed by atoms with Gasteiger partial charge in [0.2, 0.25) is 0 Å². The summed E-state index contributed by atoms with van der Waals surface area (Å²) in [5, 5.41) is 22.8. The lowest BCUT2D eigenvalue weighted by molar-refractivity contribution is 0.283. The third kappa shape index (κ3) is 5.53. The average Bonchev–Trinajstić information content (AvgIpc) is 3.07. The average molecular weight is 405 g/mol. The van der Waals surface area contributed by atoms with Gasteiger partial charge in [-0.1, -0.05) is 59.6 Å². The van der Waals surface area contributed by atoms with E-state index in [4.69, 9.17) is 28.3 Å². The van der Waals surface area contributed by atoms with Crippen LogP contribution in [0.4, 0.5) is 0 Å². The number of nitrogens with one attached hydrogen (secondary N) is 1. The second-order valence-corrected chi connectivity index (χ2v) is 7.08. The van der Waals surface area contributed by atoms with E-state index >= 15 is 0 Å². The molecule has 3 aromatic rings. The van der Waals surface area contributed by atoms with E-state index in [9.17, 15) is 0 Å². The molecule has 2 N–H and O–H groups in total. The molecule has 0 aliphatic rings. The molecule has 27 heavy (non-hydrogen) atoms. The molecule has 0 radical (unpaired) electrons. The van der Waals surface area contributed by atoms with Gasteiger partial charge in [0, 0.05) is 28.8 Å². The van der Waals surface area contributed by atoms with Crippen molar-refractivity contribution in [2.75, 3.05) is 13.2 Å². The van der Waals surface area contributed by atoms with Crippen LogP contribution in [0.3, 0.4) is 0 Å². The Morgan fingerprint density at radius 3 is 2.56 bits per heavy atom. The summed E-state index contributed by atoms with van der Waals surface area (Å²) in [6, 6.07) is 15.4. The van der Waals surface area contributed by atoms with Crippen molar-refractivity contribution in [1.82, 2.24) is 20.3 Å². The maximum Gasteiger partial charge on any atom is 0.117 e. The maximum absolute atomic E-state index is 8.89. The predicted molar refractivity (Wildman–Crippen MR) is 109 cm³/mol. The number of nitrogens with zero attached hydrogens (tertiary/aromatic N) is 3. The number of aromatic nitrogens is 3. The summed E-state index contributed by atoms with van der Waals surface area (Å²) in [5.74, 6) is 0. The molecule has 2 aromatic carbocycles. The summed E-state index contributed by atoms with van der Waals surface area (Å²) in [4.78, 5) is 1.67. The van der Waals surface area contributed by atoms with Crippen LogP contribution in [0.15, 0.2) is 48.5 Å². The van der Waals surface area contributed by atoms with Gasteiger partial charge in [0.15, 0.2) is 0 Å². The Morgan fingerprint density at radius 1 is 1.00 bits per heavy atom. The van der Waals surface area contributed by atoms with Crippen molar-refractivity contribution in [3.63, 3.8) is 0 Å². The Balaban J connectivity index is 1.80. The fraction of sp³-hybridized carbons (Fsp3) is 0.300. The maximum atomic E-state index is 8.89. The van der Waals surface area contributed by atoms with Crippen LogP contribution in [0.25, 0.3) is 11.3 Å². The van der Waals surface area contributed by atoms with Crippen LogP contribution in [-0.2, 0) is 13.1 Å². The molecule has 0 bridgehead atoms. The first-order valence-electron chi connectivity index (χ1n) is 8.92. The molecule has 1 heterocycles. The second-order valence-electron chi connectivity index (χ2n) is 6.23. The van der Waals surface area contributed by atoms with Crippen LogP contribution < -0.4 is 5.32 Å². The highest BCUT2D eigenvalue weighted by atomic mass is 35.5. The summed E-state index contributed by atoms with van der Waals surface area (Å²) >= 11 is 12.3. The molecular weight excluding hydrogens is 383 g/mol. The van der Waals surface area contributed by atoms with E-state index in [1.54, 1.807) is 10.9 Å². The lowest BCUT2D eigenvalue weighted by Gasteiger charge is -2.04. The van der Waals surface area contributed by atoms with Crippen molar-refractivity contribution >= 4 is 23.2 Å². The highest BCUT2D eigenvalue weighted by Crippen LogP contribution is 2.23. The second kappa shape index (κ2) is 9.85. The van der Waals surface area contributed by atoms with Crippen LogP contribution in [0.2, 0.25) is 10.0 Å². The van der Waals surface area contributed by atoms with Crippen LogP contribution >= 0.6 is 23.2 Å². The normalized spacial score (nSPS) is 11.1. The van der Waals surface area contributed by atoms with E-state index in [1.165, 1.54) is 0 Å². The van der Waals surface area contributed by atoms with Crippen LogP contribution in [0, 0.1) is 0 Å². The summed E-state index contributed by atoms with van der Waals surface area (Å²) in [6.45, 7) is 2.13. The van der Waals surface area contributed by atoms with E-state index in [-0.39, 0.29) is 6.61 Å². The first-order valence-corrected chi connectivity index (χ1v) is 9.68. The van der Waals surface area contributed by atoms with Gasteiger partial charge in [-0.05, 0) is 37.1 Å². The largest absolute Gasteiger partial charge is 0.396 e. The summed E-state index contributed by atoms with van der Waals surface area (Å²) in [5.41, 5.74) is 3.68. The molecule has 0 saturated heterocycles. The summed E-state index contributed by atoms with van der Waals surface area (Å²) in [7, 11) is 0. The molecule has 0 atom stereocenters. The number of unbranched alkanes of at least 4 members (excludes halogenated alkanes) is 1. The van der Waals surface area contributed by atoms with E-state index in [2.05, 4.69) is 15.5 Å². The molecule has 1 aromatic heterocycles. The topological polar surface area (TPSA) is 63.0 Å². The molecular formula is C20H22Cl2N4O. The van der Waals surface area contributed by atoms with Gasteiger partial charge in [0.25, 0.3) is 0 Å². The van der Waals surface area contributed by atoms with Gasteiger partial charge in [-0.2, -0.15) is 15.0 Å². The number of halogens is 2. The van der Waals surface area contributed by atoms with Gasteiger partial charge in [-0.3, -0.25) is 0 Å². The van der Waals surface area contributed by atoms with Crippen LogP contribution in [0.1, 0.15) is 24.1 Å². The quantitative estimate of drug-likeness (QED) is 0.525. The zero-order valence-electron chi connectivity index (χ0n) is 14.9. The molecule has 0 aliphatic carbocycles. The molecule has 5 nitrogen and oxygen atoms in total. The molecule has 0 amide bonds. The standard InChI is InChI=1S/C20H22Cl2N4O/c21-17-9-8-16(18(22)12-17)14-26-24-19(13-23-10-4-5-11-27)20(25-26)15-6-2-1-3-7-15/h1-3,6-9,12,23,27H,4-5,10-11,13-14H2. The van der Waals surface area contributed by atoms with Crippen LogP contribution in [0.5, 0.6) is 0 Å².